The number of hydrogen-bond donors (Lipinski definition) is 1. The molecule has 0 aromatic carbocycles. The van der Waals surface area contributed by atoms with Gasteiger partial charge < -0.3 is 9.84 Å². The predicted molar refractivity (Wildman–Crippen MR) is 103 cm³/mol. The van der Waals surface area contributed by atoms with Crippen LogP contribution in [0, 0.1) is 34.5 Å². The highest BCUT2D eigenvalue weighted by Crippen LogP contribution is 2.66. The number of aliphatic hydroxyl groups is 1. The van der Waals surface area contributed by atoms with Gasteiger partial charge in [0.1, 0.15) is 12.7 Å². The predicted octanol–water partition coefficient (Wildman–Crippen LogP) is 4.06. The molecule has 4 aliphatic rings. The Bertz CT molecular complexity index is 667. The van der Waals surface area contributed by atoms with Gasteiger partial charge >= 0.3 is 5.97 Å². The lowest BCUT2D eigenvalue weighted by atomic mass is 9.47. The molecule has 0 bridgehead atoms. The second-order valence-corrected chi connectivity index (χ2v) is 10.0. The fourth-order valence-electron chi connectivity index (χ4n) is 7.60. The molecule has 4 nitrogen and oxygen atoms in total. The summed E-state index contributed by atoms with van der Waals surface area (Å²) in [7, 11) is 0. The number of fused-ring (bicyclic) bond motifs is 5. The number of esters is 1. The quantitative estimate of drug-likeness (QED) is 0.598. The molecule has 0 heterocycles. The summed E-state index contributed by atoms with van der Waals surface area (Å²) in [6, 6.07) is 0. The van der Waals surface area contributed by atoms with Crippen molar-refractivity contribution < 1.29 is 19.4 Å². The average molecular weight is 375 g/mol. The standard InChI is InChI=1S/C23H34O4/c1-14(25)27-16-8-10-22(2)15(12-16)4-5-17-18-6-7-20(21(26)13-24)23(18,3)11-9-19(17)22/h4,16-20,24H,5-13H2,1-3H3/t16-,17?,18?,19?,20?,22-,23-/m0/s1. The van der Waals surface area contributed by atoms with Gasteiger partial charge in [0, 0.05) is 19.3 Å². The summed E-state index contributed by atoms with van der Waals surface area (Å²) < 4.78 is 5.52. The summed E-state index contributed by atoms with van der Waals surface area (Å²) in [6.07, 6.45) is 10.9. The molecule has 0 radical (unpaired) electrons. The number of Topliss-reactive ketones (excluding diaryl/α,β-unsaturated/α-hetero) is 1. The molecule has 0 aromatic rings. The van der Waals surface area contributed by atoms with Gasteiger partial charge in [0.2, 0.25) is 0 Å². The fraction of sp³-hybridized carbons (Fsp3) is 0.826. The smallest absolute Gasteiger partial charge is 0.302 e. The summed E-state index contributed by atoms with van der Waals surface area (Å²) in [4.78, 5) is 23.7. The van der Waals surface area contributed by atoms with Crippen molar-refractivity contribution in [1.82, 2.24) is 0 Å². The zero-order valence-corrected chi connectivity index (χ0v) is 17.0. The summed E-state index contributed by atoms with van der Waals surface area (Å²) in [5, 5.41) is 9.42. The van der Waals surface area contributed by atoms with Crippen LogP contribution >= 0.6 is 0 Å². The van der Waals surface area contributed by atoms with Gasteiger partial charge in [-0.2, -0.15) is 0 Å². The first kappa shape index (κ1) is 19.2. The average Bonchev–Trinajstić information content (AvgIpc) is 2.98. The van der Waals surface area contributed by atoms with E-state index in [1.165, 1.54) is 18.9 Å². The zero-order chi connectivity index (χ0) is 19.4. The van der Waals surface area contributed by atoms with Gasteiger partial charge in [-0.25, -0.2) is 0 Å². The van der Waals surface area contributed by atoms with Gasteiger partial charge in [0.15, 0.2) is 5.78 Å². The van der Waals surface area contributed by atoms with Crippen LogP contribution in [0.25, 0.3) is 0 Å². The van der Waals surface area contributed by atoms with Crippen LogP contribution in [0.5, 0.6) is 0 Å². The maximum Gasteiger partial charge on any atom is 0.302 e. The maximum absolute atomic E-state index is 12.3. The van der Waals surface area contributed by atoms with Crippen LogP contribution in [0.4, 0.5) is 0 Å². The molecule has 4 heteroatoms. The molecule has 0 aliphatic heterocycles. The van der Waals surface area contributed by atoms with E-state index in [1.54, 1.807) is 0 Å². The Morgan fingerprint density at radius 1 is 1.15 bits per heavy atom. The first-order valence-electron chi connectivity index (χ1n) is 10.8. The summed E-state index contributed by atoms with van der Waals surface area (Å²) in [5.41, 5.74) is 1.79. The molecular formula is C23H34O4. The molecule has 150 valence electrons. The van der Waals surface area contributed by atoms with E-state index in [-0.39, 0.29) is 41.2 Å². The largest absolute Gasteiger partial charge is 0.462 e. The first-order valence-corrected chi connectivity index (χ1v) is 10.8. The number of rotatable bonds is 3. The molecular weight excluding hydrogens is 340 g/mol. The van der Waals surface area contributed by atoms with Crippen molar-refractivity contribution in [2.24, 2.45) is 34.5 Å². The molecule has 27 heavy (non-hydrogen) atoms. The summed E-state index contributed by atoms with van der Waals surface area (Å²) >= 11 is 0. The highest BCUT2D eigenvalue weighted by atomic mass is 16.5. The molecule has 0 amide bonds. The van der Waals surface area contributed by atoms with E-state index in [0.717, 1.165) is 44.9 Å². The van der Waals surface area contributed by atoms with Crippen LogP contribution in [-0.4, -0.2) is 29.6 Å². The molecule has 3 fully saturated rings. The molecule has 0 aromatic heterocycles. The van der Waals surface area contributed by atoms with Gasteiger partial charge in [-0.3, -0.25) is 9.59 Å². The Morgan fingerprint density at radius 3 is 2.63 bits per heavy atom. The molecule has 4 unspecified atom stereocenters. The van der Waals surface area contributed by atoms with Crippen molar-refractivity contribution in [2.45, 2.75) is 78.2 Å². The maximum atomic E-state index is 12.3. The highest BCUT2D eigenvalue weighted by Gasteiger charge is 2.59. The summed E-state index contributed by atoms with van der Waals surface area (Å²) in [6.45, 7) is 5.96. The van der Waals surface area contributed by atoms with Gasteiger partial charge in [-0.05, 0) is 73.5 Å². The Balaban J connectivity index is 1.57. The van der Waals surface area contributed by atoms with Gasteiger partial charge in [-0.15, -0.1) is 0 Å². The van der Waals surface area contributed by atoms with Crippen LogP contribution in [0.3, 0.4) is 0 Å². The molecule has 4 aliphatic carbocycles. The second-order valence-electron chi connectivity index (χ2n) is 10.0. The number of allylic oxidation sites excluding steroid dienone is 1. The zero-order valence-electron chi connectivity index (χ0n) is 17.0. The molecule has 0 spiro atoms. The fourth-order valence-corrected chi connectivity index (χ4v) is 7.60. The van der Waals surface area contributed by atoms with Crippen molar-refractivity contribution in [3.05, 3.63) is 11.6 Å². The lowest BCUT2D eigenvalue weighted by molar-refractivity contribution is -0.149. The van der Waals surface area contributed by atoms with Crippen LogP contribution in [0.15, 0.2) is 11.6 Å². The molecule has 7 atom stereocenters. The Kier molecular flexibility index (Phi) is 4.77. The minimum Gasteiger partial charge on any atom is -0.462 e. The van der Waals surface area contributed by atoms with E-state index in [0.29, 0.717) is 17.8 Å². The summed E-state index contributed by atoms with van der Waals surface area (Å²) in [5.74, 6) is 1.86. The van der Waals surface area contributed by atoms with Gasteiger partial charge in [0.25, 0.3) is 0 Å². The molecule has 4 rings (SSSR count). The van der Waals surface area contributed by atoms with E-state index < -0.39 is 0 Å². The van der Waals surface area contributed by atoms with Crippen molar-refractivity contribution in [1.29, 1.82) is 0 Å². The number of ketones is 1. The number of aliphatic hydroxyl groups excluding tert-OH is 1. The minimum atomic E-state index is -0.305. The number of carbonyl (C=O) groups is 2. The van der Waals surface area contributed by atoms with Gasteiger partial charge in [0.05, 0.1) is 0 Å². The monoisotopic (exact) mass is 374 g/mol. The Labute approximate surface area is 162 Å². The van der Waals surface area contributed by atoms with E-state index in [4.69, 9.17) is 4.74 Å². The number of hydrogen-bond acceptors (Lipinski definition) is 4. The molecule has 0 saturated heterocycles. The van der Waals surface area contributed by atoms with E-state index in [9.17, 15) is 14.7 Å². The molecule has 3 saturated carbocycles. The van der Waals surface area contributed by atoms with Crippen LogP contribution in [-0.2, 0) is 14.3 Å². The van der Waals surface area contributed by atoms with E-state index in [2.05, 4.69) is 19.9 Å². The van der Waals surface area contributed by atoms with Crippen molar-refractivity contribution in [3.63, 3.8) is 0 Å². The van der Waals surface area contributed by atoms with Crippen LogP contribution < -0.4 is 0 Å². The van der Waals surface area contributed by atoms with Crippen molar-refractivity contribution >= 4 is 11.8 Å². The van der Waals surface area contributed by atoms with Crippen LogP contribution in [0.2, 0.25) is 0 Å². The lowest BCUT2D eigenvalue weighted by Crippen LogP contribution is -2.51. The highest BCUT2D eigenvalue weighted by molar-refractivity contribution is 5.83. The minimum absolute atomic E-state index is 0.0465. The third-order valence-corrected chi connectivity index (χ3v) is 8.94. The third-order valence-electron chi connectivity index (χ3n) is 8.94. The number of ether oxygens (including phenoxy) is 1. The normalized spacial score (nSPS) is 45.9. The second kappa shape index (κ2) is 6.72. The third kappa shape index (κ3) is 2.90. The molecule has 1 N–H and O–H groups in total. The van der Waals surface area contributed by atoms with Gasteiger partial charge in [-0.1, -0.05) is 25.5 Å². The number of carbonyl (C=O) groups excluding carboxylic acids is 2. The SMILES string of the molecule is CC(=O)O[C@H]1CC[C@@]2(C)C(=CCC3C4CCC(C(=O)CO)[C@@]4(C)CCC32)C1. The van der Waals surface area contributed by atoms with Crippen LogP contribution in [0.1, 0.15) is 72.1 Å². The van der Waals surface area contributed by atoms with Crippen molar-refractivity contribution in [2.75, 3.05) is 6.61 Å². The first-order chi connectivity index (χ1) is 12.8. The lowest BCUT2D eigenvalue weighted by Gasteiger charge is -2.58. The Morgan fingerprint density at radius 2 is 1.93 bits per heavy atom. The van der Waals surface area contributed by atoms with E-state index >= 15 is 0 Å². The van der Waals surface area contributed by atoms with Crippen molar-refractivity contribution in [3.8, 4) is 0 Å². The topological polar surface area (TPSA) is 63.6 Å². The van der Waals surface area contributed by atoms with E-state index in [1.807, 2.05) is 0 Å². The Hall–Kier alpha value is -1.16.